The topological polar surface area (TPSA) is 38.8 Å². The minimum absolute atomic E-state index is 0.0593. The maximum absolute atomic E-state index is 12.3. The Morgan fingerprint density at radius 2 is 2.00 bits per heavy atom. The van der Waals surface area contributed by atoms with E-state index in [1.807, 2.05) is 6.92 Å². The van der Waals surface area contributed by atoms with Crippen molar-refractivity contribution in [3.63, 3.8) is 0 Å². The van der Waals surface area contributed by atoms with Crippen LogP contribution in [0.1, 0.15) is 32.6 Å². The van der Waals surface area contributed by atoms with E-state index in [1.54, 1.807) is 4.90 Å². The average Bonchev–Trinajstić information content (AvgIpc) is 2.72. The summed E-state index contributed by atoms with van der Waals surface area (Å²) in [7, 11) is 0. The third-order valence-corrected chi connectivity index (χ3v) is 3.65. The smallest absolute Gasteiger partial charge is 0.345 e. The van der Waals surface area contributed by atoms with Gasteiger partial charge in [-0.05, 0) is 32.6 Å². The number of carbonyl (C=O) groups excluding carboxylic acids is 1. The maximum atomic E-state index is 12.3. The first-order valence-corrected chi connectivity index (χ1v) is 6.44. The highest BCUT2D eigenvalue weighted by Gasteiger charge is 2.47. The summed E-state index contributed by atoms with van der Waals surface area (Å²) in [6, 6.07) is 0. The molecule has 0 aromatic heterocycles. The molecular weight excluding hydrogens is 244 g/mol. The number of alkyl halides is 2. The number of nitrogens with zero attached hydrogens (tertiary/aromatic N) is 1. The lowest BCUT2D eigenvalue weighted by Gasteiger charge is -2.43. The Labute approximate surface area is 105 Å². The summed E-state index contributed by atoms with van der Waals surface area (Å²) >= 11 is 0. The summed E-state index contributed by atoms with van der Waals surface area (Å²) in [6.07, 6.45) is 2.90. The number of hydrogen-bond donors (Lipinski definition) is 0. The van der Waals surface area contributed by atoms with Gasteiger partial charge in [-0.2, -0.15) is 8.78 Å². The molecule has 18 heavy (non-hydrogen) atoms. The highest BCUT2D eigenvalue weighted by atomic mass is 19.3. The highest BCUT2D eigenvalue weighted by Crippen LogP contribution is 2.36. The third-order valence-electron chi connectivity index (χ3n) is 3.65. The quantitative estimate of drug-likeness (QED) is 0.759. The molecule has 2 fully saturated rings. The second-order valence-electron chi connectivity index (χ2n) is 4.86. The molecule has 0 aromatic carbocycles. The van der Waals surface area contributed by atoms with Gasteiger partial charge in [-0.3, -0.25) is 4.79 Å². The van der Waals surface area contributed by atoms with Gasteiger partial charge in [-0.1, -0.05) is 0 Å². The fraction of sp³-hybridized carbons (Fsp3) is 0.917. The Morgan fingerprint density at radius 3 is 2.50 bits per heavy atom. The van der Waals surface area contributed by atoms with Crippen LogP contribution in [0.4, 0.5) is 8.78 Å². The molecule has 1 heterocycles. The van der Waals surface area contributed by atoms with Crippen molar-refractivity contribution in [2.45, 2.75) is 50.9 Å². The molecule has 0 spiro atoms. The molecule has 0 radical (unpaired) electrons. The van der Waals surface area contributed by atoms with Gasteiger partial charge in [0.15, 0.2) is 0 Å². The zero-order chi connectivity index (χ0) is 13.2. The van der Waals surface area contributed by atoms with Crippen molar-refractivity contribution in [2.75, 3.05) is 19.7 Å². The zero-order valence-electron chi connectivity index (χ0n) is 10.5. The van der Waals surface area contributed by atoms with E-state index >= 15 is 0 Å². The summed E-state index contributed by atoms with van der Waals surface area (Å²) < 4.78 is 34.0. The van der Waals surface area contributed by atoms with Crippen LogP contribution in [0.2, 0.25) is 0 Å². The predicted octanol–water partition coefficient (Wildman–Crippen LogP) is 1.79. The summed E-state index contributed by atoms with van der Waals surface area (Å²) in [5, 5.41) is 0. The standard InChI is InChI=1S/C12H19F2NO3/c1-2-17-12(5-3-4-6-12)10(16)15-7-9(8-15)18-11(13)14/h9,11H,2-8H2,1H3. The van der Waals surface area contributed by atoms with Crippen LogP contribution in [0.5, 0.6) is 0 Å². The van der Waals surface area contributed by atoms with Crippen LogP contribution in [0.25, 0.3) is 0 Å². The Balaban J connectivity index is 1.88. The van der Waals surface area contributed by atoms with Crippen molar-refractivity contribution in [3.05, 3.63) is 0 Å². The van der Waals surface area contributed by atoms with Gasteiger partial charge in [0.05, 0.1) is 6.10 Å². The second-order valence-corrected chi connectivity index (χ2v) is 4.86. The van der Waals surface area contributed by atoms with Crippen LogP contribution < -0.4 is 0 Å². The van der Waals surface area contributed by atoms with Crippen molar-refractivity contribution >= 4 is 5.91 Å². The van der Waals surface area contributed by atoms with Crippen LogP contribution in [0, 0.1) is 0 Å². The Hall–Kier alpha value is -0.750. The van der Waals surface area contributed by atoms with Crippen molar-refractivity contribution in [1.29, 1.82) is 0 Å². The fourth-order valence-corrected chi connectivity index (χ4v) is 2.77. The van der Waals surface area contributed by atoms with Crippen LogP contribution >= 0.6 is 0 Å². The maximum Gasteiger partial charge on any atom is 0.345 e. The van der Waals surface area contributed by atoms with Crippen LogP contribution in [-0.2, 0) is 14.3 Å². The van der Waals surface area contributed by atoms with E-state index in [9.17, 15) is 13.6 Å². The second kappa shape index (κ2) is 5.48. The van der Waals surface area contributed by atoms with Crippen molar-refractivity contribution < 1.29 is 23.0 Å². The van der Waals surface area contributed by atoms with E-state index < -0.39 is 18.3 Å². The van der Waals surface area contributed by atoms with Gasteiger partial charge < -0.3 is 14.4 Å². The van der Waals surface area contributed by atoms with Gasteiger partial charge in [0.2, 0.25) is 0 Å². The van der Waals surface area contributed by atoms with Crippen LogP contribution in [-0.4, -0.2) is 48.8 Å². The first kappa shape index (κ1) is 13.7. The molecule has 0 aromatic rings. The van der Waals surface area contributed by atoms with Gasteiger partial charge in [0.1, 0.15) is 5.60 Å². The van der Waals surface area contributed by atoms with Gasteiger partial charge in [0.25, 0.3) is 5.91 Å². The van der Waals surface area contributed by atoms with Gasteiger partial charge in [0, 0.05) is 19.7 Å². The summed E-state index contributed by atoms with van der Waals surface area (Å²) in [4.78, 5) is 13.9. The molecule has 0 N–H and O–H groups in total. The summed E-state index contributed by atoms with van der Waals surface area (Å²) in [6.45, 7) is 0.0956. The Bertz CT molecular complexity index is 300. The summed E-state index contributed by atoms with van der Waals surface area (Å²) in [5.74, 6) is -0.0593. The van der Waals surface area contributed by atoms with E-state index in [-0.39, 0.29) is 19.0 Å². The number of carbonyl (C=O) groups is 1. The van der Waals surface area contributed by atoms with E-state index in [0.717, 1.165) is 25.7 Å². The molecule has 0 bridgehead atoms. The Kier molecular flexibility index (Phi) is 4.17. The van der Waals surface area contributed by atoms with Crippen LogP contribution in [0.15, 0.2) is 0 Å². The number of hydrogen-bond acceptors (Lipinski definition) is 3. The number of likely N-dealkylation sites (tertiary alicyclic amines) is 1. The lowest BCUT2D eigenvalue weighted by Crippen LogP contribution is -2.61. The van der Waals surface area contributed by atoms with Gasteiger partial charge in [-0.25, -0.2) is 0 Å². The average molecular weight is 263 g/mol. The molecule has 4 nitrogen and oxygen atoms in total. The number of halogens is 2. The van der Waals surface area contributed by atoms with E-state index in [2.05, 4.69) is 4.74 Å². The lowest BCUT2D eigenvalue weighted by molar-refractivity contribution is -0.206. The molecular formula is C12H19F2NO3. The lowest BCUT2D eigenvalue weighted by atomic mass is 9.97. The molecule has 0 unspecified atom stereocenters. The molecule has 1 saturated carbocycles. The molecule has 1 aliphatic heterocycles. The van der Waals surface area contributed by atoms with Crippen molar-refractivity contribution in [2.24, 2.45) is 0 Å². The predicted molar refractivity (Wildman–Crippen MR) is 60.3 cm³/mol. The monoisotopic (exact) mass is 263 g/mol. The zero-order valence-corrected chi connectivity index (χ0v) is 10.5. The normalized spacial score (nSPS) is 23.4. The minimum atomic E-state index is -2.76. The van der Waals surface area contributed by atoms with Gasteiger partial charge >= 0.3 is 6.61 Å². The molecule has 1 aliphatic carbocycles. The largest absolute Gasteiger partial charge is 0.365 e. The van der Waals surface area contributed by atoms with E-state index in [4.69, 9.17) is 4.74 Å². The Morgan fingerprint density at radius 1 is 1.39 bits per heavy atom. The summed E-state index contributed by atoms with van der Waals surface area (Å²) in [5.41, 5.74) is -0.704. The molecule has 104 valence electrons. The van der Waals surface area contributed by atoms with Gasteiger partial charge in [-0.15, -0.1) is 0 Å². The van der Waals surface area contributed by atoms with Crippen molar-refractivity contribution in [3.8, 4) is 0 Å². The first-order valence-electron chi connectivity index (χ1n) is 6.44. The number of rotatable bonds is 5. The SMILES string of the molecule is CCOC1(C(=O)N2CC(OC(F)F)C2)CCCC1. The highest BCUT2D eigenvalue weighted by molar-refractivity contribution is 5.86. The van der Waals surface area contributed by atoms with E-state index in [1.165, 1.54) is 0 Å². The molecule has 2 aliphatic rings. The molecule has 1 saturated heterocycles. The van der Waals surface area contributed by atoms with E-state index in [0.29, 0.717) is 6.61 Å². The minimum Gasteiger partial charge on any atom is -0.365 e. The first-order chi connectivity index (χ1) is 8.57. The third kappa shape index (κ3) is 2.64. The van der Waals surface area contributed by atoms with Crippen molar-refractivity contribution in [1.82, 2.24) is 4.90 Å². The molecule has 0 atom stereocenters. The molecule has 6 heteroatoms. The fourth-order valence-electron chi connectivity index (χ4n) is 2.77. The number of amides is 1. The number of ether oxygens (including phenoxy) is 2. The van der Waals surface area contributed by atoms with Crippen LogP contribution in [0.3, 0.4) is 0 Å². The molecule has 2 rings (SSSR count). The molecule has 1 amide bonds.